The number of aromatic amines is 1. The molecule has 0 fully saturated rings. The Labute approximate surface area is 203 Å². The number of alkyl halides is 3. The molecule has 3 N–H and O–H groups in total. The van der Waals surface area contributed by atoms with Crippen LogP contribution in [-0.4, -0.2) is 35.1 Å². The molecule has 0 spiro atoms. The van der Waals surface area contributed by atoms with E-state index < -0.39 is 27.6 Å². The molecule has 13 heteroatoms. The smallest absolute Gasteiger partial charge is 0.308 e. The number of hydrogen-bond donors (Lipinski definition) is 3. The molecule has 9 nitrogen and oxygen atoms in total. The van der Waals surface area contributed by atoms with Crippen molar-refractivity contribution in [3.63, 3.8) is 0 Å². The summed E-state index contributed by atoms with van der Waals surface area (Å²) in [6.07, 6.45) is -4.55. The Morgan fingerprint density at radius 1 is 0.972 bits per heavy atom. The van der Waals surface area contributed by atoms with E-state index in [0.29, 0.717) is 22.5 Å². The summed E-state index contributed by atoms with van der Waals surface area (Å²) in [7, 11) is -3.80. The third-order valence-corrected chi connectivity index (χ3v) is 6.97. The molecule has 0 aliphatic heterocycles. The Balaban J connectivity index is 1.48. The number of urea groups is 1. The van der Waals surface area contributed by atoms with Crippen LogP contribution in [0.4, 0.5) is 29.3 Å². The molecule has 0 aliphatic rings. The lowest BCUT2D eigenvalue weighted by atomic mass is 10.1. The van der Waals surface area contributed by atoms with Crippen LogP contribution in [0.2, 0.25) is 0 Å². The first kappa shape index (κ1) is 24.9. The molecule has 0 aliphatic carbocycles. The maximum atomic E-state index is 13.1. The summed E-state index contributed by atoms with van der Waals surface area (Å²) in [5.74, 6) is 0.0858. The number of tetrazole rings is 1. The van der Waals surface area contributed by atoms with Gasteiger partial charge in [0.05, 0.1) is 16.2 Å². The zero-order valence-corrected chi connectivity index (χ0v) is 19.5. The third-order valence-electron chi connectivity index (χ3n) is 5.14. The molecule has 0 saturated heterocycles. The number of rotatable bonds is 6. The SMILES string of the molecule is Cc1ccc(NC(=O)Nc2cccc(C(F)(F)F)c2)cc1S(=O)(=O)Cc1ccc(-c2nn[nH]n2)cc1. The number of aromatic nitrogens is 4. The van der Waals surface area contributed by atoms with Crippen LogP contribution in [0.1, 0.15) is 16.7 Å². The molecule has 1 heterocycles. The van der Waals surface area contributed by atoms with E-state index in [1.165, 1.54) is 30.3 Å². The van der Waals surface area contributed by atoms with Gasteiger partial charge in [0.2, 0.25) is 5.82 Å². The highest BCUT2D eigenvalue weighted by Crippen LogP contribution is 2.31. The maximum absolute atomic E-state index is 13.1. The van der Waals surface area contributed by atoms with Gasteiger partial charge in [0.25, 0.3) is 0 Å². The molecule has 0 radical (unpaired) electrons. The van der Waals surface area contributed by atoms with Gasteiger partial charge in [-0.1, -0.05) is 36.4 Å². The Morgan fingerprint density at radius 3 is 2.31 bits per heavy atom. The number of halogens is 3. The number of hydrogen-bond acceptors (Lipinski definition) is 6. The predicted molar refractivity (Wildman–Crippen MR) is 126 cm³/mol. The van der Waals surface area contributed by atoms with Crippen LogP contribution in [-0.2, 0) is 21.8 Å². The van der Waals surface area contributed by atoms with E-state index in [2.05, 4.69) is 31.3 Å². The Morgan fingerprint density at radius 2 is 1.67 bits per heavy atom. The normalized spacial score (nSPS) is 11.8. The second kappa shape index (κ2) is 9.77. The van der Waals surface area contributed by atoms with E-state index in [0.717, 1.165) is 12.1 Å². The molecule has 0 unspecified atom stereocenters. The lowest BCUT2D eigenvalue weighted by molar-refractivity contribution is -0.137. The predicted octanol–water partition coefficient (Wildman–Crippen LogP) is 4.81. The van der Waals surface area contributed by atoms with Crippen molar-refractivity contribution < 1.29 is 26.4 Å². The van der Waals surface area contributed by atoms with Crippen LogP contribution < -0.4 is 10.6 Å². The number of nitrogens with one attached hydrogen (secondary N) is 3. The van der Waals surface area contributed by atoms with Gasteiger partial charge in [-0.25, -0.2) is 13.2 Å². The highest BCUT2D eigenvalue weighted by atomic mass is 32.2. The van der Waals surface area contributed by atoms with Gasteiger partial charge in [-0.15, -0.1) is 10.2 Å². The first-order valence-corrected chi connectivity index (χ1v) is 12.1. The van der Waals surface area contributed by atoms with E-state index in [4.69, 9.17) is 0 Å². The summed E-state index contributed by atoms with van der Waals surface area (Å²) in [6.45, 7) is 1.62. The number of aryl methyl sites for hydroxylation is 1. The quantitative estimate of drug-likeness (QED) is 0.337. The molecular weight excluding hydrogens is 497 g/mol. The van der Waals surface area contributed by atoms with Crippen LogP contribution in [0.15, 0.2) is 71.6 Å². The number of amides is 2. The van der Waals surface area contributed by atoms with Gasteiger partial charge in [0.1, 0.15) is 0 Å². The van der Waals surface area contributed by atoms with Gasteiger partial charge >= 0.3 is 12.2 Å². The number of anilines is 2. The molecule has 3 aromatic carbocycles. The second-order valence-corrected chi connectivity index (χ2v) is 9.79. The van der Waals surface area contributed by atoms with Crippen molar-refractivity contribution in [2.75, 3.05) is 10.6 Å². The van der Waals surface area contributed by atoms with E-state index in [-0.39, 0.29) is 22.0 Å². The number of nitrogens with zero attached hydrogens (tertiary/aromatic N) is 3. The van der Waals surface area contributed by atoms with E-state index in [1.54, 1.807) is 31.2 Å². The van der Waals surface area contributed by atoms with Gasteiger partial charge < -0.3 is 10.6 Å². The molecule has 186 valence electrons. The zero-order chi connectivity index (χ0) is 25.9. The van der Waals surface area contributed by atoms with Crippen molar-refractivity contribution in [2.24, 2.45) is 0 Å². The summed E-state index contributed by atoms with van der Waals surface area (Å²) in [4.78, 5) is 12.4. The van der Waals surface area contributed by atoms with Gasteiger partial charge in [-0.05, 0) is 53.6 Å². The van der Waals surface area contributed by atoms with Gasteiger partial charge in [-0.2, -0.15) is 18.4 Å². The first-order valence-electron chi connectivity index (χ1n) is 10.4. The van der Waals surface area contributed by atoms with Crippen molar-refractivity contribution in [1.82, 2.24) is 20.6 Å². The van der Waals surface area contributed by atoms with Crippen molar-refractivity contribution in [3.8, 4) is 11.4 Å². The maximum Gasteiger partial charge on any atom is 0.416 e. The fraction of sp³-hybridized carbons (Fsp3) is 0.130. The van der Waals surface area contributed by atoms with Crippen molar-refractivity contribution in [2.45, 2.75) is 23.7 Å². The standard InChI is InChI=1S/C23H19F3N6O3S/c1-14-5-10-19(28-22(33)27-18-4-2-3-17(11-18)23(24,25)26)12-20(14)36(34,35)13-15-6-8-16(9-7-15)21-29-31-32-30-21/h2-12H,13H2,1H3,(H2,27,28,33)(H,29,30,31,32). The van der Waals surface area contributed by atoms with Crippen LogP contribution in [0, 0.1) is 6.92 Å². The average Bonchev–Trinajstić information content (AvgIpc) is 3.35. The van der Waals surface area contributed by atoms with Gasteiger partial charge in [0.15, 0.2) is 9.84 Å². The van der Waals surface area contributed by atoms with Crippen molar-refractivity contribution >= 4 is 27.2 Å². The summed E-state index contributed by atoms with van der Waals surface area (Å²) in [5, 5.41) is 18.3. The van der Waals surface area contributed by atoms with Crippen molar-refractivity contribution in [1.29, 1.82) is 0 Å². The lowest BCUT2D eigenvalue weighted by Crippen LogP contribution is -2.20. The zero-order valence-electron chi connectivity index (χ0n) is 18.7. The number of H-pyrrole nitrogens is 1. The molecule has 0 saturated carbocycles. The Bertz CT molecular complexity index is 1490. The van der Waals surface area contributed by atoms with Gasteiger partial charge in [-0.3, -0.25) is 0 Å². The fourth-order valence-electron chi connectivity index (χ4n) is 3.41. The fourth-order valence-corrected chi connectivity index (χ4v) is 5.06. The molecule has 0 bridgehead atoms. The number of sulfone groups is 1. The summed E-state index contributed by atoms with van der Waals surface area (Å²) in [5.41, 5.74) is 0.862. The third kappa shape index (κ3) is 5.86. The lowest BCUT2D eigenvalue weighted by Gasteiger charge is -2.13. The van der Waals surface area contributed by atoms with Crippen LogP contribution in [0.3, 0.4) is 0 Å². The monoisotopic (exact) mass is 516 g/mol. The molecule has 2 amide bonds. The second-order valence-electron chi connectivity index (χ2n) is 7.83. The number of benzene rings is 3. The number of carbonyl (C=O) groups is 1. The topological polar surface area (TPSA) is 130 Å². The molecule has 4 aromatic rings. The van der Waals surface area contributed by atoms with Crippen LogP contribution in [0.5, 0.6) is 0 Å². The number of carbonyl (C=O) groups excluding carboxylic acids is 1. The molecular formula is C23H19F3N6O3S. The largest absolute Gasteiger partial charge is 0.416 e. The van der Waals surface area contributed by atoms with Crippen LogP contribution >= 0.6 is 0 Å². The minimum Gasteiger partial charge on any atom is -0.308 e. The molecule has 1 aromatic heterocycles. The van der Waals surface area contributed by atoms with Gasteiger partial charge in [0, 0.05) is 16.9 Å². The van der Waals surface area contributed by atoms with E-state index in [9.17, 15) is 26.4 Å². The van der Waals surface area contributed by atoms with E-state index in [1.807, 2.05) is 0 Å². The molecule has 36 heavy (non-hydrogen) atoms. The minimum absolute atomic E-state index is 0.0154. The summed E-state index contributed by atoms with van der Waals surface area (Å²) >= 11 is 0. The Kier molecular flexibility index (Phi) is 6.75. The first-order chi connectivity index (χ1) is 17.0. The average molecular weight is 517 g/mol. The highest BCUT2D eigenvalue weighted by Gasteiger charge is 2.30. The summed E-state index contributed by atoms with van der Waals surface area (Å²) < 4.78 is 64.9. The molecule has 4 rings (SSSR count). The Hall–Kier alpha value is -4.26. The van der Waals surface area contributed by atoms with Crippen LogP contribution in [0.25, 0.3) is 11.4 Å². The van der Waals surface area contributed by atoms with Crippen molar-refractivity contribution in [3.05, 3.63) is 83.4 Å². The summed E-state index contributed by atoms with van der Waals surface area (Å²) in [6, 6.07) is 14.3. The molecule has 0 atom stereocenters. The van der Waals surface area contributed by atoms with E-state index >= 15 is 0 Å². The minimum atomic E-state index is -4.55. The highest BCUT2D eigenvalue weighted by molar-refractivity contribution is 7.90.